The SMILES string of the molecule is C[N+]1(C)CCC(OC(=O)C(OCCCO)(c2cccs2)c2cccs2)C1. The van der Waals surface area contributed by atoms with Crippen LogP contribution in [0.25, 0.3) is 0 Å². The molecule has 0 aromatic carbocycles. The zero-order valence-electron chi connectivity index (χ0n) is 15.2. The van der Waals surface area contributed by atoms with E-state index in [0.29, 0.717) is 6.42 Å². The summed E-state index contributed by atoms with van der Waals surface area (Å²) < 4.78 is 13.0. The molecule has 1 saturated heterocycles. The van der Waals surface area contributed by atoms with Crippen molar-refractivity contribution >= 4 is 28.6 Å². The van der Waals surface area contributed by atoms with E-state index in [1.807, 2.05) is 35.0 Å². The van der Waals surface area contributed by atoms with Gasteiger partial charge in [-0.1, -0.05) is 12.1 Å². The Morgan fingerprint density at radius 2 is 1.92 bits per heavy atom. The summed E-state index contributed by atoms with van der Waals surface area (Å²) in [5.74, 6) is -0.354. The third-order valence-electron chi connectivity index (χ3n) is 4.67. The molecule has 142 valence electrons. The molecule has 0 bridgehead atoms. The average Bonchev–Trinajstić information content (AvgIpc) is 3.34. The van der Waals surface area contributed by atoms with E-state index in [9.17, 15) is 4.79 Å². The van der Waals surface area contributed by atoms with Crippen LogP contribution in [0.1, 0.15) is 22.6 Å². The highest BCUT2D eigenvalue weighted by atomic mass is 32.1. The molecule has 0 amide bonds. The van der Waals surface area contributed by atoms with Gasteiger partial charge in [-0.15, -0.1) is 22.7 Å². The van der Waals surface area contributed by atoms with Crippen LogP contribution < -0.4 is 0 Å². The number of aliphatic hydroxyl groups excluding tert-OH is 1. The van der Waals surface area contributed by atoms with Crippen molar-refractivity contribution in [3.63, 3.8) is 0 Å². The first kappa shape index (κ1) is 19.5. The molecule has 3 heterocycles. The van der Waals surface area contributed by atoms with Gasteiger partial charge in [0.05, 0.1) is 37.0 Å². The van der Waals surface area contributed by atoms with Crippen molar-refractivity contribution in [1.82, 2.24) is 0 Å². The number of carbonyl (C=O) groups is 1. The Labute approximate surface area is 162 Å². The van der Waals surface area contributed by atoms with Crippen molar-refractivity contribution in [2.24, 2.45) is 0 Å². The van der Waals surface area contributed by atoms with E-state index in [4.69, 9.17) is 14.6 Å². The Balaban J connectivity index is 1.92. The smallest absolute Gasteiger partial charge is 0.350 e. The molecule has 1 fully saturated rings. The number of ether oxygens (including phenoxy) is 2. The van der Waals surface area contributed by atoms with E-state index < -0.39 is 5.60 Å². The number of rotatable bonds is 8. The molecule has 0 spiro atoms. The number of hydrogen-bond acceptors (Lipinski definition) is 6. The molecule has 1 aliphatic rings. The molecule has 26 heavy (non-hydrogen) atoms. The van der Waals surface area contributed by atoms with Crippen LogP contribution in [0, 0.1) is 0 Å². The van der Waals surface area contributed by atoms with Gasteiger partial charge in [-0.05, 0) is 29.3 Å². The maximum atomic E-state index is 13.4. The van der Waals surface area contributed by atoms with E-state index in [0.717, 1.165) is 33.7 Å². The Morgan fingerprint density at radius 1 is 1.27 bits per heavy atom. The fraction of sp³-hybridized carbons (Fsp3) is 0.526. The molecule has 1 atom stereocenters. The fourth-order valence-electron chi connectivity index (χ4n) is 3.33. The van der Waals surface area contributed by atoms with Gasteiger partial charge in [-0.25, -0.2) is 4.79 Å². The van der Waals surface area contributed by atoms with Crippen molar-refractivity contribution < 1.29 is 23.9 Å². The Hall–Kier alpha value is -1.25. The van der Waals surface area contributed by atoms with Gasteiger partial charge in [0.25, 0.3) is 0 Å². The van der Waals surface area contributed by atoms with Crippen LogP contribution in [-0.2, 0) is 19.9 Å². The topological polar surface area (TPSA) is 55.8 Å². The molecule has 2 aromatic heterocycles. The van der Waals surface area contributed by atoms with Crippen molar-refractivity contribution in [1.29, 1.82) is 0 Å². The van der Waals surface area contributed by atoms with Gasteiger partial charge in [0, 0.05) is 13.0 Å². The van der Waals surface area contributed by atoms with E-state index in [2.05, 4.69) is 14.1 Å². The van der Waals surface area contributed by atoms with Crippen LogP contribution >= 0.6 is 22.7 Å². The summed E-state index contributed by atoms with van der Waals surface area (Å²) in [6, 6.07) is 7.67. The lowest BCUT2D eigenvalue weighted by atomic mass is 9.99. The summed E-state index contributed by atoms with van der Waals surface area (Å²) in [7, 11) is 4.30. The van der Waals surface area contributed by atoms with Crippen molar-refractivity contribution in [3.8, 4) is 0 Å². The highest BCUT2D eigenvalue weighted by Gasteiger charge is 2.49. The molecule has 0 radical (unpaired) electrons. The number of hydrogen-bond donors (Lipinski definition) is 1. The second-order valence-corrected chi connectivity index (χ2v) is 9.11. The van der Waals surface area contributed by atoms with Gasteiger partial charge in [-0.2, -0.15) is 0 Å². The highest BCUT2D eigenvalue weighted by molar-refractivity contribution is 7.12. The minimum atomic E-state index is -1.25. The summed E-state index contributed by atoms with van der Waals surface area (Å²) in [4.78, 5) is 15.0. The normalized spacial score (nSPS) is 19.6. The van der Waals surface area contributed by atoms with E-state index in [1.54, 1.807) is 0 Å². The van der Waals surface area contributed by atoms with E-state index >= 15 is 0 Å². The molecule has 1 N–H and O–H groups in total. The molecule has 2 aromatic rings. The number of nitrogens with zero attached hydrogens (tertiary/aromatic N) is 1. The lowest BCUT2D eigenvalue weighted by Gasteiger charge is -2.31. The molecule has 5 nitrogen and oxygen atoms in total. The van der Waals surface area contributed by atoms with Gasteiger partial charge >= 0.3 is 5.97 Å². The first-order valence-electron chi connectivity index (χ1n) is 8.84. The summed E-state index contributed by atoms with van der Waals surface area (Å²) in [6.07, 6.45) is 1.23. The predicted molar refractivity (Wildman–Crippen MR) is 103 cm³/mol. The van der Waals surface area contributed by atoms with Crippen LogP contribution in [0.3, 0.4) is 0 Å². The van der Waals surface area contributed by atoms with Crippen LogP contribution in [0.4, 0.5) is 0 Å². The summed E-state index contributed by atoms with van der Waals surface area (Å²) in [5, 5.41) is 13.0. The first-order valence-corrected chi connectivity index (χ1v) is 10.6. The quantitative estimate of drug-likeness (QED) is 0.424. The minimum absolute atomic E-state index is 0.0221. The number of thiophene rings is 2. The first-order chi connectivity index (χ1) is 12.5. The minimum Gasteiger partial charge on any atom is -0.453 e. The number of esters is 1. The summed E-state index contributed by atoms with van der Waals surface area (Å²) in [5.41, 5.74) is -1.25. The van der Waals surface area contributed by atoms with Crippen LogP contribution in [0.15, 0.2) is 35.0 Å². The van der Waals surface area contributed by atoms with Gasteiger partial charge in [0.2, 0.25) is 5.60 Å². The van der Waals surface area contributed by atoms with Crippen LogP contribution in [0.5, 0.6) is 0 Å². The maximum Gasteiger partial charge on any atom is 0.350 e. The fourth-order valence-corrected chi connectivity index (χ4v) is 5.15. The third kappa shape index (κ3) is 4.02. The van der Waals surface area contributed by atoms with Gasteiger partial charge in [0.15, 0.2) is 6.10 Å². The number of aliphatic hydroxyl groups is 1. The van der Waals surface area contributed by atoms with Crippen molar-refractivity contribution in [2.45, 2.75) is 24.5 Å². The number of likely N-dealkylation sites (tertiary alicyclic amines) is 1. The Morgan fingerprint density at radius 3 is 2.38 bits per heavy atom. The number of likely N-dealkylation sites (N-methyl/N-ethyl adjacent to an activating group) is 1. The van der Waals surface area contributed by atoms with Gasteiger partial charge in [0.1, 0.15) is 6.54 Å². The molecular formula is C19H26NO4S2+. The monoisotopic (exact) mass is 396 g/mol. The lowest BCUT2D eigenvalue weighted by Crippen LogP contribution is -2.44. The lowest BCUT2D eigenvalue weighted by molar-refractivity contribution is -0.879. The highest BCUT2D eigenvalue weighted by Crippen LogP contribution is 2.41. The summed E-state index contributed by atoms with van der Waals surface area (Å²) >= 11 is 2.97. The number of quaternary nitrogens is 1. The molecule has 3 rings (SSSR count). The predicted octanol–water partition coefficient (Wildman–Crippen LogP) is 2.84. The maximum absolute atomic E-state index is 13.4. The second-order valence-electron chi connectivity index (χ2n) is 7.22. The molecule has 0 saturated carbocycles. The van der Waals surface area contributed by atoms with E-state index in [1.165, 1.54) is 22.7 Å². The average molecular weight is 397 g/mol. The van der Waals surface area contributed by atoms with Crippen LogP contribution in [0.2, 0.25) is 0 Å². The Kier molecular flexibility index (Phi) is 6.14. The van der Waals surface area contributed by atoms with E-state index in [-0.39, 0.29) is 25.3 Å². The molecule has 1 unspecified atom stereocenters. The van der Waals surface area contributed by atoms with Gasteiger partial charge in [-0.3, -0.25) is 0 Å². The summed E-state index contributed by atoms with van der Waals surface area (Å²) in [6.45, 7) is 2.11. The van der Waals surface area contributed by atoms with Crippen LogP contribution in [-0.4, -0.2) is 62.1 Å². The second kappa shape index (κ2) is 8.19. The standard InChI is InChI=1S/C19H26NO4S2/c1-20(2)9-8-15(14-20)24-18(22)19(23-11-5-10-21,16-6-3-12-25-16)17-7-4-13-26-17/h3-4,6-7,12-13,15,21H,5,8-11,14H2,1-2H3/q+1. The van der Waals surface area contributed by atoms with Crippen molar-refractivity contribution in [2.75, 3.05) is 40.4 Å². The zero-order valence-corrected chi connectivity index (χ0v) is 16.9. The molecule has 0 aliphatic carbocycles. The third-order valence-corrected chi connectivity index (χ3v) is 6.61. The molecular weight excluding hydrogens is 370 g/mol. The number of carbonyl (C=O) groups excluding carboxylic acids is 1. The largest absolute Gasteiger partial charge is 0.453 e. The zero-order chi connectivity index (χ0) is 18.6. The Bertz CT molecular complexity index is 663. The van der Waals surface area contributed by atoms with Crippen molar-refractivity contribution in [3.05, 3.63) is 44.8 Å². The molecule has 7 heteroatoms. The van der Waals surface area contributed by atoms with Gasteiger partial charge < -0.3 is 19.1 Å². The molecule has 1 aliphatic heterocycles.